The van der Waals surface area contributed by atoms with Crippen LogP contribution in [0.15, 0.2) is 35.3 Å². The Kier molecular flexibility index (Phi) is 8.34. The van der Waals surface area contributed by atoms with Gasteiger partial charge in [-0.1, -0.05) is 36.3 Å². The van der Waals surface area contributed by atoms with Crippen LogP contribution in [0.3, 0.4) is 0 Å². The van der Waals surface area contributed by atoms with E-state index in [9.17, 15) is 4.79 Å². The van der Waals surface area contributed by atoms with Gasteiger partial charge in [0.2, 0.25) is 0 Å². The predicted molar refractivity (Wildman–Crippen MR) is 101 cm³/mol. The van der Waals surface area contributed by atoms with E-state index >= 15 is 0 Å². The fourth-order valence-corrected chi connectivity index (χ4v) is 2.03. The highest BCUT2D eigenvalue weighted by Crippen LogP contribution is 2.15. The van der Waals surface area contributed by atoms with Crippen LogP contribution in [0.2, 0.25) is 0 Å². The molecule has 1 aromatic carbocycles. The summed E-state index contributed by atoms with van der Waals surface area (Å²) in [7, 11) is 0. The molecule has 0 aliphatic heterocycles. The maximum Gasteiger partial charge on any atom is 0.408 e. The molecule has 1 atom stereocenters. The summed E-state index contributed by atoms with van der Waals surface area (Å²) in [6.45, 7) is 8.90. The van der Waals surface area contributed by atoms with Crippen molar-refractivity contribution in [2.45, 2.75) is 39.3 Å². The van der Waals surface area contributed by atoms with Crippen molar-refractivity contribution in [1.82, 2.24) is 16.0 Å². The van der Waals surface area contributed by atoms with Crippen LogP contribution in [0.5, 0.6) is 0 Å². The third-order valence-electron chi connectivity index (χ3n) is 3.03. The second kappa shape index (κ2) is 10.2. The average Bonchev–Trinajstić information content (AvgIpc) is 2.55. The summed E-state index contributed by atoms with van der Waals surface area (Å²) in [6, 6.07) is 9.35. The number of nitrogens with zero attached hydrogens (tertiary/aromatic N) is 1. The van der Waals surface area contributed by atoms with E-state index in [1.54, 1.807) is 0 Å². The first kappa shape index (κ1) is 20.4. The lowest BCUT2D eigenvalue weighted by Crippen LogP contribution is -2.39. The van der Waals surface area contributed by atoms with Crippen LogP contribution in [0.4, 0.5) is 4.79 Å². The Morgan fingerprint density at radius 2 is 1.96 bits per heavy atom. The average molecular weight is 344 g/mol. The van der Waals surface area contributed by atoms with Gasteiger partial charge in [0.25, 0.3) is 0 Å². The van der Waals surface area contributed by atoms with Crippen LogP contribution < -0.4 is 16.0 Å². The Morgan fingerprint density at radius 1 is 1.28 bits per heavy atom. The Balaban J connectivity index is 2.88. The highest BCUT2D eigenvalue weighted by molar-refractivity contribution is 5.80. The Bertz CT molecular complexity index is 600. The minimum Gasteiger partial charge on any atom is -0.444 e. The lowest BCUT2D eigenvalue weighted by molar-refractivity contribution is 0.0505. The number of carbonyl (C=O) groups is 1. The second-order valence-corrected chi connectivity index (χ2v) is 6.39. The molecule has 0 spiro atoms. The van der Waals surface area contributed by atoms with E-state index in [1.165, 1.54) is 0 Å². The minimum atomic E-state index is -0.558. The molecule has 1 amide bonds. The molecule has 1 rings (SSSR count). The summed E-state index contributed by atoms with van der Waals surface area (Å²) in [6.07, 6.45) is 4.80. The first-order valence-corrected chi connectivity index (χ1v) is 8.35. The molecule has 3 N–H and O–H groups in total. The van der Waals surface area contributed by atoms with Crippen molar-refractivity contribution in [3.63, 3.8) is 0 Å². The number of terminal acetylenes is 1. The van der Waals surface area contributed by atoms with Gasteiger partial charge < -0.3 is 20.7 Å². The number of hydrogen-bond acceptors (Lipinski definition) is 3. The molecule has 0 saturated carbocycles. The molecule has 0 heterocycles. The molecule has 0 aromatic heterocycles. The Morgan fingerprint density at radius 3 is 2.52 bits per heavy atom. The van der Waals surface area contributed by atoms with Gasteiger partial charge >= 0.3 is 6.09 Å². The fraction of sp³-hybridized carbons (Fsp3) is 0.474. The summed E-state index contributed by atoms with van der Waals surface area (Å²) >= 11 is 0. The van der Waals surface area contributed by atoms with Crippen LogP contribution in [-0.4, -0.2) is 37.3 Å². The van der Waals surface area contributed by atoms with Gasteiger partial charge in [-0.25, -0.2) is 4.79 Å². The van der Waals surface area contributed by atoms with Gasteiger partial charge in [0.1, 0.15) is 5.60 Å². The first-order valence-electron chi connectivity index (χ1n) is 8.35. The van der Waals surface area contributed by atoms with Gasteiger partial charge in [-0.2, -0.15) is 0 Å². The maximum atomic E-state index is 12.1. The third kappa shape index (κ3) is 8.66. The third-order valence-corrected chi connectivity index (χ3v) is 3.03. The van der Waals surface area contributed by atoms with E-state index in [4.69, 9.17) is 11.2 Å². The number of carbonyl (C=O) groups excluding carboxylic acids is 1. The summed E-state index contributed by atoms with van der Waals surface area (Å²) < 4.78 is 5.35. The van der Waals surface area contributed by atoms with E-state index < -0.39 is 11.7 Å². The second-order valence-electron chi connectivity index (χ2n) is 6.39. The summed E-state index contributed by atoms with van der Waals surface area (Å²) in [4.78, 5) is 16.7. The topological polar surface area (TPSA) is 74.8 Å². The number of rotatable bonds is 6. The quantitative estimate of drug-likeness (QED) is 0.421. The molecule has 6 nitrogen and oxygen atoms in total. The van der Waals surface area contributed by atoms with E-state index in [0.29, 0.717) is 25.6 Å². The van der Waals surface area contributed by atoms with E-state index in [1.807, 2.05) is 58.0 Å². The van der Waals surface area contributed by atoms with Gasteiger partial charge in [-0.05, 0) is 33.3 Å². The van der Waals surface area contributed by atoms with E-state index in [2.05, 4.69) is 26.9 Å². The SMILES string of the molecule is C#CCNC(=NCC(NC(=O)OC(C)(C)C)c1ccccc1)NCC. The van der Waals surface area contributed by atoms with Crippen molar-refractivity contribution in [3.8, 4) is 12.3 Å². The number of alkyl carbamates (subject to hydrolysis) is 1. The van der Waals surface area contributed by atoms with Crippen LogP contribution >= 0.6 is 0 Å². The highest BCUT2D eigenvalue weighted by Gasteiger charge is 2.20. The minimum absolute atomic E-state index is 0.308. The number of guanidine groups is 1. The number of amides is 1. The summed E-state index contributed by atoms with van der Waals surface area (Å²) in [5.41, 5.74) is 0.391. The van der Waals surface area contributed by atoms with Crippen molar-refractivity contribution < 1.29 is 9.53 Å². The maximum absolute atomic E-state index is 12.1. The molecule has 0 aliphatic rings. The molecule has 1 aromatic rings. The van der Waals surface area contributed by atoms with Gasteiger partial charge in [-0.3, -0.25) is 4.99 Å². The van der Waals surface area contributed by atoms with Gasteiger partial charge in [0.15, 0.2) is 5.96 Å². The lowest BCUT2D eigenvalue weighted by Gasteiger charge is -2.23. The molecule has 1 unspecified atom stereocenters. The Hall–Kier alpha value is -2.68. The number of aliphatic imine (C=N–C) groups is 1. The number of ether oxygens (including phenoxy) is 1. The zero-order chi connectivity index (χ0) is 18.7. The normalized spacial score (nSPS) is 12.7. The zero-order valence-corrected chi connectivity index (χ0v) is 15.4. The summed E-state index contributed by atoms with van der Waals surface area (Å²) in [5.74, 6) is 3.12. The first-order chi connectivity index (χ1) is 11.9. The van der Waals surface area contributed by atoms with Crippen molar-refractivity contribution in [3.05, 3.63) is 35.9 Å². The fourth-order valence-electron chi connectivity index (χ4n) is 2.03. The van der Waals surface area contributed by atoms with Crippen molar-refractivity contribution >= 4 is 12.1 Å². The lowest BCUT2D eigenvalue weighted by atomic mass is 10.1. The molecular formula is C19H28N4O2. The molecule has 0 fully saturated rings. The standard InChI is InChI=1S/C19H28N4O2/c1-6-13-21-17(20-7-2)22-14-16(15-11-9-8-10-12-15)23-18(24)25-19(3,4)5/h1,8-12,16H,7,13-14H2,2-5H3,(H,23,24)(H2,20,21,22). The molecule has 136 valence electrons. The molecule has 0 bridgehead atoms. The Labute approximate surface area is 150 Å². The van der Waals surface area contributed by atoms with E-state index in [-0.39, 0.29) is 6.04 Å². The van der Waals surface area contributed by atoms with Crippen molar-refractivity contribution in [2.75, 3.05) is 19.6 Å². The molecule has 6 heteroatoms. The number of benzene rings is 1. The molecule has 0 aliphatic carbocycles. The van der Waals surface area contributed by atoms with Crippen molar-refractivity contribution in [1.29, 1.82) is 0 Å². The largest absolute Gasteiger partial charge is 0.444 e. The van der Waals surface area contributed by atoms with Gasteiger partial charge in [0.05, 0.1) is 19.1 Å². The van der Waals surface area contributed by atoms with E-state index in [0.717, 1.165) is 5.56 Å². The van der Waals surface area contributed by atoms with Crippen LogP contribution in [0, 0.1) is 12.3 Å². The number of hydrogen-bond donors (Lipinski definition) is 3. The van der Waals surface area contributed by atoms with Crippen LogP contribution in [0.1, 0.15) is 39.3 Å². The van der Waals surface area contributed by atoms with Crippen LogP contribution in [-0.2, 0) is 4.74 Å². The predicted octanol–water partition coefficient (Wildman–Crippen LogP) is 2.44. The molecular weight excluding hydrogens is 316 g/mol. The number of nitrogens with one attached hydrogen (secondary N) is 3. The van der Waals surface area contributed by atoms with Gasteiger partial charge in [0, 0.05) is 6.54 Å². The summed E-state index contributed by atoms with van der Waals surface area (Å²) in [5, 5.41) is 9.02. The van der Waals surface area contributed by atoms with Gasteiger partial charge in [-0.15, -0.1) is 6.42 Å². The monoisotopic (exact) mass is 344 g/mol. The zero-order valence-electron chi connectivity index (χ0n) is 15.4. The molecule has 25 heavy (non-hydrogen) atoms. The molecule has 0 radical (unpaired) electrons. The van der Waals surface area contributed by atoms with Crippen molar-refractivity contribution in [2.24, 2.45) is 4.99 Å². The molecule has 0 saturated heterocycles. The van der Waals surface area contributed by atoms with Crippen LogP contribution in [0.25, 0.3) is 0 Å². The highest BCUT2D eigenvalue weighted by atomic mass is 16.6. The smallest absolute Gasteiger partial charge is 0.408 e.